The Kier molecular flexibility index (Phi) is 5.44. The SMILES string of the molecule is CCCOc1cc(C(F)(F)C(=O)C(=O)OC)ccc1Cl. The fraction of sp³-hybridized carbons (Fsp3) is 0.385. The van der Waals surface area contributed by atoms with Gasteiger partial charge in [0.05, 0.1) is 18.7 Å². The van der Waals surface area contributed by atoms with Crippen molar-refractivity contribution in [3.8, 4) is 5.75 Å². The van der Waals surface area contributed by atoms with Crippen molar-refractivity contribution in [3.05, 3.63) is 28.8 Å². The van der Waals surface area contributed by atoms with Gasteiger partial charge in [0.1, 0.15) is 5.75 Å². The van der Waals surface area contributed by atoms with Crippen molar-refractivity contribution in [1.29, 1.82) is 0 Å². The number of benzene rings is 1. The van der Waals surface area contributed by atoms with Crippen LogP contribution in [0.1, 0.15) is 18.9 Å². The Morgan fingerprint density at radius 3 is 2.55 bits per heavy atom. The molecular formula is C13H13ClF2O4. The lowest BCUT2D eigenvalue weighted by Gasteiger charge is -2.16. The molecule has 0 saturated heterocycles. The minimum absolute atomic E-state index is 0.0309. The number of hydrogen-bond acceptors (Lipinski definition) is 4. The summed E-state index contributed by atoms with van der Waals surface area (Å²) in [4.78, 5) is 22.3. The van der Waals surface area contributed by atoms with Crippen molar-refractivity contribution in [2.75, 3.05) is 13.7 Å². The van der Waals surface area contributed by atoms with Crippen molar-refractivity contribution in [2.45, 2.75) is 19.3 Å². The minimum Gasteiger partial charge on any atom is -0.492 e. The van der Waals surface area contributed by atoms with E-state index in [-0.39, 0.29) is 10.8 Å². The zero-order valence-corrected chi connectivity index (χ0v) is 11.7. The number of ether oxygens (including phenoxy) is 2. The molecule has 0 saturated carbocycles. The molecule has 1 aromatic carbocycles. The second kappa shape index (κ2) is 6.65. The Morgan fingerprint density at radius 1 is 1.35 bits per heavy atom. The van der Waals surface area contributed by atoms with Crippen LogP contribution in [0.15, 0.2) is 18.2 Å². The van der Waals surface area contributed by atoms with E-state index in [2.05, 4.69) is 4.74 Å². The van der Waals surface area contributed by atoms with Crippen molar-refractivity contribution < 1.29 is 27.8 Å². The van der Waals surface area contributed by atoms with Gasteiger partial charge in [0.2, 0.25) is 0 Å². The van der Waals surface area contributed by atoms with Gasteiger partial charge in [0, 0.05) is 5.56 Å². The monoisotopic (exact) mass is 306 g/mol. The normalized spacial score (nSPS) is 11.1. The Morgan fingerprint density at radius 2 is 2.00 bits per heavy atom. The smallest absolute Gasteiger partial charge is 0.381 e. The summed E-state index contributed by atoms with van der Waals surface area (Å²) in [6, 6.07) is 3.08. The fourth-order valence-corrected chi connectivity index (χ4v) is 1.55. The van der Waals surface area contributed by atoms with Crippen molar-refractivity contribution in [3.63, 3.8) is 0 Å². The second-order valence-electron chi connectivity index (χ2n) is 3.89. The Hall–Kier alpha value is -1.69. The molecule has 0 spiro atoms. The first kappa shape index (κ1) is 16.4. The van der Waals surface area contributed by atoms with Gasteiger partial charge in [-0.25, -0.2) is 4.79 Å². The number of Topliss-reactive ketones (excluding diaryl/α,β-unsaturated/α-hetero) is 1. The quantitative estimate of drug-likeness (QED) is 0.599. The van der Waals surface area contributed by atoms with E-state index in [9.17, 15) is 18.4 Å². The van der Waals surface area contributed by atoms with Crippen LogP contribution in [0.25, 0.3) is 0 Å². The van der Waals surface area contributed by atoms with Crippen LogP contribution in [0.4, 0.5) is 8.78 Å². The molecule has 0 aliphatic rings. The average molecular weight is 307 g/mol. The van der Waals surface area contributed by atoms with E-state index in [0.717, 1.165) is 19.2 Å². The van der Waals surface area contributed by atoms with Gasteiger partial charge < -0.3 is 9.47 Å². The second-order valence-corrected chi connectivity index (χ2v) is 4.30. The Labute approximate surface area is 119 Å². The molecule has 110 valence electrons. The van der Waals surface area contributed by atoms with Crippen LogP contribution in [-0.4, -0.2) is 25.5 Å². The zero-order chi connectivity index (χ0) is 15.3. The summed E-state index contributed by atoms with van der Waals surface area (Å²) in [5.74, 6) is -7.52. The summed E-state index contributed by atoms with van der Waals surface area (Å²) < 4.78 is 37.0. The number of carbonyl (C=O) groups excluding carboxylic acids is 2. The van der Waals surface area contributed by atoms with Crippen molar-refractivity contribution in [1.82, 2.24) is 0 Å². The highest BCUT2D eigenvalue weighted by Gasteiger charge is 2.46. The maximum absolute atomic E-state index is 13.9. The van der Waals surface area contributed by atoms with E-state index < -0.39 is 23.2 Å². The molecule has 0 aromatic heterocycles. The van der Waals surface area contributed by atoms with Crippen LogP contribution < -0.4 is 4.74 Å². The summed E-state index contributed by atoms with van der Waals surface area (Å²) in [5.41, 5.74) is -0.677. The minimum atomic E-state index is -4.00. The van der Waals surface area contributed by atoms with Crippen LogP contribution in [0, 0.1) is 0 Å². The lowest BCUT2D eigenvalue weighted by Crippen LogP contribution is -2.33. The van der Waals surface area contributed by atoms with Crippen LogP contribution in [0.5, 0.6) is 5.75 Å². The first-order chi connectivity index (χ1) is 9.34. The first-order valence-corrected chi connectivity index (χ1v) is 6.15. The van der Waals surface area contributed by atoms with E-state index in [1.165, 1.54) is 6.07 Å². The molecule has 0 aliphatic carbocycles. The molecule has 0 amide bonds. The van der Waals surface area contributed by atoms with Crippen molar-refractivity contribution in [2.24, 2.45) is 0 Å². The van der Waals surface area contributed by atoms with E-state index in [1.54, 1.807) is 0 Å². The van der Waals surface area contributed by atoms with Gasteiger partial charge in [-0.2, -0.15) is 8.78 Å². The predicted octanol–water partition coefficient (Wildman–Crippen LogP) is 2.96. The number of hydrogen-bond donors (Lipinski definition) is 0. The van der Waals surface area contributed by atoms with Crippen LogP contribution in [0.3, 0.4) is 0 Å². The number of halogens is 3. The predicted molar refractivity (Wildman–Crippen MR) is 68.2 cm³/mol. The molecule has 0 unspecified atom stereocenters. The van der Waals surface area contributed by atoms with Gasteiger partial charge in [-0.3, -0.25) is 4.79 Å². The van der Waals surface area contributed by atoms with E-state index in [4.69, 9.17) is 16.3 Å². The van der Waals surface area contributed by atoms with E-state index >= 15 is 0 Å². The summed E-state index contributed by atoms with van der Waals surface area (Å²) in [6.07, 6.45) is 0.665. The third-order valence-corrected chi connectivity index (χ3v) is 2.72. The lowest BCUT2D eigenvalue weighted by atomic mass is 10.0. The summed E-state index contributed by atoms with van der Waals surface area (Å²) >= 11 is 5.80. The number of rotatable bonds is 6. The molecule has 1 aromatic rings. The Bertz CT molecular complexity index is 517. The molecular weight excluding hydrogens is 294 g/mol. The fourth-order valence-electron chi connectivity index (χ4n) is 1.37. The molecule has 20 heavy (non-hydrogen) atoms. The molecule has 0 bridgehead atoms. The first-order valence-electron chi connectivity index (χ1n) is 5.78. The third kappa shape index (κ3) is 3.45. The molecule has 0 heterocycles. The van der Waals surface area contributed by atoms with Gasteiger partial charge in [-0.1, -0.05) is 24.6 Å². The lowest BCUT2D eigenvalue weighted by molar-refractivity contribution is -0.165. The summed E-state index contributed by atoms with van der Waals surface area (Å²) in [7, 11) is 0.855. The van der Waals surface area contributed by atoms with Gasteiger partial charge in [0.15, 0.2) is 0 Å². The molecule has 0 atom stereocenters. The number of ketones is 1. The number of esters is 1. The molecule has 4 nitrogen and oxygen atoms in total. The van der Waals surface area contributed by atoms with Gasteiger partial charge >= 0.3 is 17.7 Å². The van der Waals surface area contributed by atoms with Gasteiger partial charge in [0.25, 0.3) is 0 Å². The van der Waals surface area contributed by atoms with E-state index in [0.29, 0.717) is 13.0 Å². The molecule has 1 rings (SSSR count). The molecule has 0 fully saturated rings. The molecule has 7 heteroatoms. The average Bonchev–Trinajstić information content (AvgIpc) is 2.44. The standard InChI is InChI=1S/C13H13ClF2O4/c1-3-6-20-10-7-8(4-5-9(10)14)13(15,16)11(17)12(18)19-2/h4-5,7H,3,6H2,1-2H3. The number of carbonyl (C=O) groups is 2. The van der Waals surface area contributed by atoms with Crippen LogP contribution >= 0.6 is 11.6 Å². The molecule has 0 aliphatic heterocycles. The van der Waals surface area contributed by atoms with E-state index in [1.807, 2.05) is 6.92 Å². The highest BCUT2D eigenvalue weighted by molar-refractivity contribution is 6.36. The highest BCUT2D eigenvalue weighted by atomic mass is 35.5. The Balaban J connectivity index is 3.12. The molecule has 0 N–H and O–H groups in total. The largest absolute Gasteiger partial charge is 0.492 e. The summed E-state index contributed by atoms with van der Waals surface area (Å²) in [5, 5.41) is 0.142. The molecule has 0 radical (unpaired) electrons. The third-order valence-electron chi connectivity index (χ3n) is 2.41. The van der Waals surface area contributed by atoms with Crippen molar-refractivity contribution >= 4 is 23.4 Å². The van der Waals surface area contributed by atoms with Crippen LogP contribution in [-0.2, 0) is 20.2 Å². The van der Waals surface area contributed by atoms with Gasteiger partial charge in [-0.15, -0.1) is 0 Å². The highest BCUT2D eigenvalue weighted by Crippen LogP contribution is 2.35. The topological polar surface area (TPSA) is 52.6 Å². The van der Waals surface area contributed by atoms with Gasteiger partial charge in [-0.05, 0) is 18.6 Å². The summed E-state index contributed by atoms with van der Waals surface area (Å²) in [6.45, 7) is 2.13. The maximum atomic E-state index is 13.9. The maximum Gasteiger partial charge on any atom is 0.381 e. The van der Waals surface area contributed by atoms with Crippen LogP contribution in [0.2, 0.25) is 5.02 Å². The zero-order valence-electron chi connectivity index (χ0n) is 10.9. The number of methoxy groups -OCH3 is 1. The number of alkyl halides is 2.